The van der Waals surface area contributed by atoms with E-state index >= 15 is 0 Å². The van der Waals surface area contributed by atoms with E-state index in [2.05, 4.69) is 15.4 Å². The summed E-state index contributed by atoms with van der Waals surface area (Å²) in [5.41, 5.74) is 1.40. The molecule has 1 unspecified atom stereocenters. The van der Waals surface area contributed by atoms with Crippen LogP contribution in [0.1, 0.15) is 47.2 Å². The standard InChI is InChI=1S/C21H24FN3O3S/c1-13(26)23-11-16-3-5-20(29-16)18(27)12-25-8-6-14(7-9-25)21-17-4-2-15(22)10-19(17)28-24-21/h2-5,10,14,18,27H,6-9,11-12H2,1H3,(H,23,26). The second-order valence-electron chi connectivity index (χ2n) is 7.51. The Labute approximate surface area is 172 Å². The third-order valence-electron chi connectivity index (χ3n) is 5.39. The van der Waals surface area contributed by atoms with Gasteiger partial charge in [-0.05, 0) is 50.2 Å². The Hall–Kier alpha value is -2.29. The number of β-amino-alcohol motifs (C(OH)–C–C–N with tert-alkyl or cyclic N) is 1. The molecule has 1 aliphatic heterocycles. The van der Waals surface area contributed by atoms with Gasteiger partial charge in [0.25, 0.3) is 0 Å². The summed E-state index contributed by atoms with van der Waals surface area (Å²) in [7, 11) is 0. The first-order valence-corrected chi connectivity index (χ1v) is 10.6. The number of thiophene rings is 1. The van der Waals surface area contributed by atoms with E-state index in [0.29, 0.717) is 18.7 Å². The second-order valence-corrected chi connectivity index (χ2v) is 8.71. The number of hydrogen-bond donors (Lipinski definition) is 2. The molecule has 0 aliphatic carbocycles. The minimum absolute atomic E-state index is 0.0617. The van der Waals surface area contributed by atoms with Crippen LogP contribution >= 0.6 is 11.3 Å². The summed E-state index contributed by atoms with van der Waals surface area (Å²) in [6, 6.07) is 8.43. The molecule has 1 saturated heterocycles. The Morgan fingerprint density at radius 2 is 2.17 bits per heavy atom. The average molecular weight is 418 g/mol. The lowest BCUT2D eigenvalue weighted by atomic mass is 9.91. The van der Waals surface area contributed by atoms with E-state index in [1.54, 1.807) is 6.07 Å². The van der Waals surface area contributed by atoms with Gasteiger partial charge in [-0.15, -0.1) is 11.3 Å². The largest absolute Gasteiger partial charge is 0.386 e. The van der Waals surface area contributed by atoms with Crippen molar-refractivity contribution in [3.63, 3.8) is 0 Å². The van der Waals surface area contributed by atoms with Crippen LogP contribution in [0.2, 0.25) is 0 Å². The number of carbonyl (C=O) groups is 1. The molecule has 6 nitrogen and oxygen atoms in total. The fourth-order valence-electron chi connectivity index (χ4n) is 3.83. The molecule has 4 rings (SSSR count). The number of hydrogen-bond acceptors (Lipinski definition) is 6. The number of aliphatic hydroxyl groups is 1. The molecule has 8 heteroatoms. The number of aliphatic hydroxyl groups excluding tert-OH is 1. The highest BCUT2D eigenvalue weighted by molar-refractivity contribution is 7.12. The average Bonchev–Trinajstić information content (AvgIpc) is 3.34. The van der Waals surface area contributed by atoms with E-state index < -0.39 is 6.10 Å². The molecule has 1 amide bonds. The van der Waals surface area contributed by atoms with Crippen LogP contribution in [-0.4, -0.2) is 40.7 Å². The number of nitrogens with one attached hydrogen (secondary N) is 1. The van der Waals surface area contributed by atoms with Crippen molar-refractivity contribution >= 4 is 28.2 Å². The molecule has 3 aromatic rings. The zero-order valence-corrected chi connectivity index (χ0v) is 17.0. The quantitative estimate of drug-likeness (QED) is 0.641. The number of nitrogens with zero attached hydrogens (tertiary/aromatic N) is 2. The number of halogens is 1. The van der Waals surface area contributed by atoms with Crippen LogP contribution in [0.3, 0.4) is 0 Å². The Kier molecular flexibility index (Phi) is 5.94. The number of likely N-dealkylation sites (tertiary alicyclic amines) is 1. The smallest absolute Gasteiger partial charge is 0.217 e. The van der Waals surface area contributed by atoms with Crippen molar-refractivity contribution in [3.8, 4) is 0 Å². The molecule has 154 valence electrons. The van der Waals surface area contributed by atoms with Crippen LogP contribution in [0.5, 0.6) is 0 Å². The van der Waals surface area contributed by atoms with Gasteiger partial charge in [-0.1, -0.05) is 5.16 Å². The zero-order chi connectivity index (χ0) is 20.4. The normalized spacial score (nSPS) is 16.9. The summed E-state index contributed by atoms with van der Waals surface area (Å²) in [4.78, 5) is 15.2. The van der Waals surface area contributed by atoms with Gasteiger partial charge in [0.2, 0.25) is 5.91 Å². The van der Waals surface area contributed by atoms with Crippen molar-refractivity contribution in [2.24, 2.45) is 0 Å². The summed E-state index contributed by atoms with van der Waals surface area (Å²) in [5.74, 6) is -0.104. The molecule has 0 saturated carbocycles. The van der Waals surface area contributed by atoms with Gasteiger partial charge >= 0.3 is 0 Å². The van der Waals surface area contributed by atoms with Gasteiger partial charge in [0.15, 0.2) is 5.58 Å². The summed E-state index contributed by atoms with van der Waals surface area (Å²) < 4.78 is 18.6. The lowest BCUT2D eigenvalue weighted by Crippen LogP contribution is -2.36. The van der Waals surface area contributed by atoms with E-state index in [0.717, 1.165) is 46.8 Å². The van der Waals surface area contributed by atoms with Crippen LogP contribution in [0.4, 0.5) is 4.39 Å². The van der Waals surface area contributed by atoms with Crippen molar-refractivity contribution in [2.75, 3.05) is 19.6 Å². The van der Waals surface area contributed by atoms with Gasteiger partial charge in [0, 0.05) is 40.6 Å². The highest BCUT2D eigenvalue weighted by atomic mass is 32.1. The van der Waals surface area contributed by atoms with Crippen molar-refractivity contribution in [1.29, 1.82) is 0 Å². The number of rotatable bonds is 6. The second kappa shape index (κ2) is 8.61. The molecular formula is C21H24FN3O3S. The maximum absolute atomic E-state index is 13.3. The molecule has 3 heterocycles. The van der Waals surface area contributed by atoms with E-state index in [9.17, 15) is 14.3 Å². The zero-order valence-electron chi connectivity index (χ0n) is 16.2. The third-order valence-corrected chi connectivity index (χ3v) is 6.58. The third kappa shape index (κ3) is 4.66. The predicted octanol–water partition coefficient (Wildman–Crippen LogP) is 3.58. The Morgan fingerprint density at radius 1 is 1.38 bits per heavy atom. The van der Waals surface area contributed by atoms with Crippen molar-refractivity contribution in [2.45, 2.75) is 38.3 Å². The molecule has 0 radical (unpaired) electrons. The minimum Gasteiger partial charge on any atom is -0.386 e. The maximum Gasteiger partial charge on any atom is 0.217 e. The van der Waals surface area contributed by atoms with Crippen LogP contribution in [0.25, 0.3) is 11.0 Å². The van der Waals surface area contributed by atoms with Gasteiger partial charge in [-0.25, -0.2) is 4.39 Å². The number of amides is 1. The molecule has 0 bridgehead atoms. The number of piperidine rings is 1. The van der Waals surface area contributed by atoms with Crippen molar-refractivity contribution < 1.29 is 18.8 Å². The Bertz CT molecular complexity index is 994. The van der Waals surface area contributed by atoms with Crippen molar-refractivity contribution in [1.82, 2.24) is 15.4 Å². The van der Waals surface area contributed by atoms with E-state index in [1.165, 1.54) is 30.4 Å². The fourth-order valence-corrected chi connectivity index (χ4v) is 4.76. The van der Waals surface area contributed by atoms with Crippen LogP contribution in [0, 0.1) is 5.82 Å². The first-order chi connectivity index (χ1) is 14.0. The molecular weight excluding hydrogens is 393 g/mol. The lowest BCUT2D eigenvalue weighted by molar-refractivity contribution is -0.119. The maximum atomic E-state index is 13.3. The first kappa shape index (κ1) is 20.0. The highest BCUT2D eigenvalue weighted by Crippen LogP contribution is 2.33. The van der Waals surface area contributed by atoms with Gasteiger partial charge in [0.1, 0.15) is 11.9 Å². The molecule has 1 aliphatic rings. The molecule has 2 aromatic heterocycles. The molecule has 1 atom stereocenters. The minimum atomic E-state index is -0.543. The van der Waals surface area contributed by atoms with Gasteiger partial charge < -0.3 is 19.8 Å². The van der Waals surface area contributed by atoms with E-state index in [-0.39, 0.29) is 17.6 Å². The summed E-state index contributed by atoms with van der Waals surface area (Å²) in [6.07, 6.45) is 1.30. The first-order valence-electron chi connectivity index (χ1n) is 9.78. The summed E-state index contributed by atoms with van der Waals surface area (Å²) in [5, 5.41) is 18.4. The van der Waals surface area contributed by atoms with Crippen molar-refractivity contribution in [3.05, 3.63) is 51.6 Å². The van der Waals surface area contributed by atoms with Crippen LogP contribution in [0.15, 0.2) is 34.9 Å². The summed E-state index contributed by atoms with van der Waals surface area (Å²) >= 11 is 1.53. The molecule has 1 aromatic carbocycles. The van der Waals surface area contributed by atoms with Crippen LogP contribution < -0.4 is 5.32 Å². The molecule has 2 N–H and O–H groups in total. The van der Waals surface area contributed by atoms with Gasteiger partial charge in [-0.3, -0.25) is 4.79 Å². The monoisotopic (exact) mass is 417 g/mol. The fraction of sp³-hybridized carbons (Fsp3) is 0.429. The number of carbonyl (C=O) groups excluding carboxylic acids is 1. The van der Waals surface area contributed by atoms with Gasteiger partial charge in [-0.2, -0.15) is 0 Å². The number of fused-ring (bicyclic) bond motifs is 1. The Balaban J connectivity index is 1.32. The van der Waals surface area contributed by atoms with E-state index in [4.69, 9.17) is 4.52 Å². The van der Waals surface area contributed by atoms with Crippen LogP contribution in [-0.2, 0) is 11.3 Å². The topological polar surface area (TPSA) is 78.6 Å². The Morgan fingerprint density at radius 3 is 2.93 bits per heavy atom. The molecule has 29 heavy (non-hydrogen) atoms. The SMILES string of the molecule is CC(=O)NCc1ccc(C(O)CN2CCC(c3noc4cc(F)ccc34)CC2)s1. The lowest BCUT2D eigenvalue weighted by Gasteiger charge is -2.32. The predicted molar refractivity (Wildman–Crippen MR) is 109 cm³/mol. The van der Waals surface area contributed by atoms with E-state index in [1.807, 2.05) is 12.1 Å². The number of aromatic nitrogens is 1. The summed E-state index contributed by atoms with van der Waals surface area (Å²) in [6.45, 7) is 4.29. The van der Waals surface area contributed by atoms with Gasteiger partial charge in [0.05, 0.1) is 12.2 Å². The molecule has 1 fully saturated rings. The highest BCUT2D eigenvalue weighted by Gasteiger charge is 2.26. The number of benzene rings is 1. The molecule has 0 spiro atoms.